The first-order chi connectivity index (χ1) is 17.6. The lowest BCUT2D eigenvalue weighted by Gasteiger charge is -2.45. The van der Waals surface area contributed by atoms with Gasteiger partial charge < -0.3 is 20.0 Å². The molecule has 3 amide bonds. The van der Waals surface area contributed by atoms with Crippen LogP contribution in [0.2, 0.25) is 10.0 Å². The molecule has 0 bridgehead atoms. The Morgan fingerprint density at radius 1 is 1.11 bits per heavy atom. The second-order valence-corrected chi connectivity index (χ2v) is 12.0. The van der Waals surface area contributed by atoms with E-state index in [9.17, 15) is 9.59 Å². The van der Waals surface area contributed by atoms with Crippen molar-refractivity contribution in [2.45, 2.75) is 45.1 Å². The molecule has 2 aliphatic rings. The van der Waals surface area contributed by atoms with Gasteiger partial charge in [-0.25, -0.2) is 4.79 Å². The Labute approximate surface area is 230 Å². The van der Waals surface area contributed by atoms with E-state index < -0.39 is 0 Å². The summed E-state index contributed by atoms with van der Waals surface area (Å²) in [6.07, 6.45) is 2.85. The van der Waals surface area contributed by atoms with E-state index in [-0.39, 0.29) is 29.3 Å². The van der Waals surface area contributed by atoms with Crippen molar-refractivity contribution in [3.05, 3.63) is 69.7 Å². The van der Waals surface area contributed by atoms with Crippen LogP contribution >= 0.6 is 23.2 Å². The molecule has 2 fully saturated rings. The van der Waals surface area contributed by atoms with Crippen LogP contribution in [0.4, 0.5) is 4.79 Å². The first kappa shape index (κ1) is 27.7. The Morgan fingerprint density at radius 2 is 1.81 bits per heavy atom. The minimum absolute atomic E-state index is 0.00853. The number of hydrogen-bond acceptors (Lipinski definition) is 3. The number of amides is 3. The van der Waals surface area contributed by atoms with Gasteiger partial charge in [0, 0.05) is 57.3 Å². The molecule has 0 aliphatic carbocycles. The number of likely N-dealkylation sites (tertiary alicyclic amines) is 1. The van der Waals surface area contributed by atoms with E-state index in [2.05, 4.69) is 24.1 Å². The smallest absolute Gasteiger partial charge is 0.317 e. The number of benzene rings is 2. The van der Waals surface area contributed by atoms with E-state index in [1.165, 1.54) is 0 Å². The standard InChI is InChI=1S/C29H38Cl2N4O2/c1-29(2)19-32-28(37)35(20-29)24-12-15-34(16-13-24)14-11-23(22-9-10-25(30)26(31)17-22)18-33(3)27(36)21-7-5-4-6-8-21/h4-10,17,23-24H,11-16,18-20H2,1-3H3,(H,32,37). The van der Waals surface area contributed by atoms with E-state index in [4.69, 9.17) is 23.2 Å². The highest BCUT2D eigenvalue weighted by Crippen LogP contribution is 2.30. The summed E-state index contributed by atoms with van der Waals surface area (Å²) in [7, 11) is 1.86. The first-order valence-corrected chi connectivity index (χ1v) is 13.9. The molecule has 2 heterocycles. The van der Waals surface area contributed by atoms with E-state index in [0.29, 0.717) is 22.2 Å². The Hall–Kier alpha value is -2.28. The number of nitrogens with one attached hydrogen (secondary N) is 1. The van der Waals surface area contributed by atoms with Crippen molar-refractivity contribution >= 4 is 35.1 Å². The summed E-state index contributed by atoms with van der Waals surface area (Å²) >= 11 is 12.6. The Bertz CT molecular complexity index is 1090. The van der Waals surface area contributed by atoms with Crippen molar-refractivity contribution in [3.8, 4) is 0 Å². The summed E-state index contributed by atoms with van der Waals surface area (Å²) in [5.74, 6) is 0.132. The molecule has 2 saturated heterocycles. The van der Waals surface area contributed by atoms with Gasteiger partial charge in [0.05, 0.1) is 10.0 Å². The molecule has 0 spiro atoms. The van der Waals surface area contributed by atoms with Gasteiger partial charge in [0.25, 0.3) is 5.91 Å². The molecule has 0 saturated carbocycles. The van der Waals surface area contributed by atoms with Crippen LogP contribution in [0.15, 0.2) is 48.5 Å². The molecule has 1 atom stereocenters. The van der Waals surface area contributed by atoms with Gasteiger partial charge in [-0.2, -0.15) is 0 Å². The van der Waals surface area contributed by atoms with Crippen LogP contribution < -0.4 is 5.32 Å². The average Bonchev–Trinajstić information content (AvgIpc) is 2.90. The number of carbonyl (C=O) groups is 2. The van der Waals surface area contributed by atoms with Crippen LogP contribution in [0.5, 0.6) is 0 Å². The molecular formula is C29H38Cl2N4O2. The van der Waals surface area contributed by atoms with Crippen molar-refractivity contribution in [1.29, 1.82) is 0 Å². The summed E-state index contributed by atoms with van der Waals surface area (Å²) < 4.78 is 0. The van der Waals surface area contributed by atoms with Gasteiger partial charge in [0.15, 0.2) is 0 Å². The maximum absolute atomic E-state index is 13.0. The van der Waals surface area contributed by atoms with Gasteiger partial charge in [-0.3, -0.25) is 4.79 Å². The fourth-order valence-corrected chi connectivity index (χ4v) is 5.74. The zero-order chi connectivity index (χ0) is 26.6. The molecule has 2 aliphatic heterocycles. The third kappa shape index (κ3) is 7.18. The van der Waals surface area contributed by atoms with Crippen LogP contribution in [-0.4, -0.2) is 79.0 Å². The topological polar surface area (TPSA) is 55.9 Å². The molecule has 2 aromatic rings. The Balaban J connectivity index is 1.38. The molecule has 0 radical (unpaired) electrons. The maximum Gasteiger partial charge on any atom is 0.317 e. The SMILES string of the molecule is CN(CC(CCN1CCC(N2CC(C)(C)CNC2=O)CC1)c1ccc(Cl)c(Cl)c1)C(=O)c1ccccc1. The fraction of sp³-hybridized carbons (Fsp3) is 0.517. The second kappa shape index (κ2) is 12.1. The predicted octanol–water partition coefficient (Wildman–Crippen LogP) is 5.76. The largest absolute Gasteiger partial charge is 0.341 e. The van der Waals surface area contributed by atoms with Crippen LogP contribution in [0.1, 0.15) is 54.9 Å². The predicted molar refractivity (Wildman–Crippen MR) is 151 cm³/mol. The van der Waals surface area contributed by atoms with Crippen LogP contribution in [0, 0.1) is 5.41 Å². The number of urea groups is 1. The summed E-state index contributed by atoms with van der Waals surface area (Å²) in [6.45, 7) is 9.38. The van der Waals surface area contributed by atoms with Gasteiger partial charge in [-0.05, 0) is 61.1 Å². The lowest BCUT2D eigenvalue weighted by Crippen LogP contribution is -2.59. The minimum atomic E-state index is 0.00853. The highest BCUT2D eigenvalue weighted by atomic mass is 35.5. The van der Waals surface area contributed by atoms with Crippen LogP contribution in [0.3, 0.4) is 0 Å². The number of carbonyl (C=O) groups excluding carboxylic acids is 2. The third-order valence-corrected chi connectivity index (χ3v) is 8.38. The lowest BCUT2D eigenvalue weighted by atomic mass is 9.89. The van der Waals surface area contributed by atoms with Crippen LogP contribution in [-0.2, 0) is 0 Å². The van der Waals surface area contributed by atoms with Crippen molar-refractivity contribution in [2.75, 3.05) is 46.3 Å². The molecule has 0 aromatic heterocycles. The molecule has 2 aromatic carbocycles. The number of hydrogen-bond donors (Lipinski definition) is 1. The summed E-state index contributed by atoms with van der Waals surface area (Å²) in [5.41, 5.74) is 1.87. The van der Waals surface area contributed by atoms with Gasteiger partial charge in [0.1, 0.15) is 0 Å². The maximum atomic E-state index is 13.0. The summed E-state index contributed by atoms with van der Waals surface area (Å²) in [6, 6.07) is 15.5. The lowest BCUT2D eigenvalue weighted by molar-refractivity contribution is 0.0734. The summed E-state index contributed by atoms with van der Waals surface area (Å²) in [5, 5.41) is 4.12. The zero-order valence-corrected chi connectivity index (χ0v) is 23.6. The number of halogens is 2. The normalized spacial score (nSPS) is 19.4. The van der Waals surface area contributed by atoms with Crippen molar-refractivity contribution < 1.29 is 9.59 Å². The first-order valence-electron chi connectivity index (χ1n) is 13.2. The Kier molecular flexibility index (Phi) is 9.04. The molecule has 6 nitrogen and oxygen atoms in total. The van der Waals surface area contributed by atoms with Crippen molar-refractivity contribution in [3.63, 3.8) is 0 Å². The second-order valence-electron chi connectivity index (χ2n) is 11.2. The molecule has 37 heavy (non-hydrogen) atoms. The number of piperidine rings is 1. The number of nitrogens with zero attached hydrogens (tertiary/aromatic N) is 3. The van der Waals surface area contributed by atoms with E-state index in [1.807, 2.05) is 60.5 Å². The third-order valence-electron chi connectivity index (χ3n) is 7.65. The summed E-state index contributed by atoms with van der Waals surface area (Å²) in [4.78, 5) is 31.8. The highest BCUT2D eigenvalue weighted by Gasteiger charge is 2.36. The van der Waals surface area contributed by atoms with Crippen molar-refractivity contribution in [1.82, 2.24) is 20.0 Å². The quantitative estimate of drug-likeness (QED) is 0.459. The Morgan fingerprint density at radius 3 is 2.49 bits per heavy atom. The van der Waals surface area contributed by atoms with E-state index in [0.717, 1.165) is 57.5 Å². The molecule has 8 heteroatoms. The molecular weight excluding hydrogens is 507 g/mol. The molecule has 1 N–H and O–H groups in total. The fourth-order valence-electron chi connectivity index (χ4n) is 5.44. The molecule has 200 valence electrons. The number of likely N-dealkylation sites (N-methyl/N-ethyl adjacent to an activating group) is 1. The molecule has 1 unspecified atom stereocenters. The van der Waals surface area contributed by atoms with Crippen molar-refractivity contribution in [2.24, 2.45) is 5.41 Å². The zero-order valence-electron chi connectivity index (χ0n) is 22.1. The minimum Gasteiger partial charge on any atom is -0.341 e. The molecule has 4 rings (SSSR count). The number of rotatable bonds is 8. The van der Waals surface area contributed by atoms with Gasteiger partial charge >= 0.3 is 6.03 Å². The van der Waals surface area contributed by atoms with Gasteiger partial charge in [0.2, 0.25) is 0 Å². The van der Waals surface area contributed by atoms with Crippen LogP contribution in [0.25, 0.3) is 0 Å². The highest BCUT2D eigenvalue weighted by molar-refractivity contribution is 6.42. The van der Waals surface area contributed by atoms with E-state index in [1.54, 1.807) is 4.90 Å². The monoisotopic (exact) mass is 544 g/mol. The average molecular weight is 546 g/mol. The van der Waals surface area contributed by atoms with E-state index >= 15 is 0 Å². The van der Waals surface area contributed by atoms with Gasteiger partial charge in [-0.1, -0.05) is 61.3 Å². The van der Waals surface area contributed by atoms with Gasteiger partial charge in [-0.15, -0.1) is 0 Å².